The summed E-state index contributed by atoms with van der Waals surface area (Å²) < 4.78 is 5.01. The van der Waals surface area contributed by atoms with E-state index in [1.54, 1.807) is 0 Å². The zero-order valence-electron chi connectivity index (χ0n) is 34.7. The Morgan fingerprint density at radius 3 is 1.67 bits per heavy atom. The predicted molar refractivity (Wildman–Crippen MR) is 270 cm³/mol. The number of rotatable bonds is 5. The second-order valence-electron chi connectivity index (χ2n) is 17.2. The zero-order chi connectivity index (χ0) is 41.9. The van der Waals surface area contributed by atoms with Crippen molar-refractivity contribution in [2.75, 3.05) is 4.90 Å². The van der Waals surface area contributed by atoms with Crippen molar-refractivity contribution >= 4 is 70.4 Å². The van der Waals surface area contributed by atoms with Crippen molar-refractivity contribution in [3.63, 3.8) is 0 Å². The quantitative estimate of drug-likeness (QED) is 0.168. The van der Waals surface area contributed by atoms with Crippen LogP contribution in [-0.2, 0) is 5.41 Å². The van der Waals surface area contributed by atoms with Gasteiger partial charge in [0.25, 0.3) is 0 Å². The van der Waals surface area contributed by atoms with Crippen LogP contribution in [0.25, 0.3) is 81.0 Å². The Morgan fingerprint density at radius 2 is 0.891 bits per heavy atom. The van der Waals surface area contributed by atoms with E-state index in [1.807, 2.05) is 11.3 Å². The van der Waals surface area contributed by atoms with Gasteiger partial charge in [0.15, 0.2) is 0 Å². The molecule has 0 radical (unpaired) electrons. The average molecular weight is 831 g/mol. The highest BCUT2D eigenvalue weighted by atomic mass is 32.1. The molecule has 14 rings (SSSR count). The number of hydrogen-bond acceptors (Lipinski definition) is 2. The smallest absolute Gasteiger partial charge is 0.0725 e. The maximum absolute atomic E-state index is 2.45. The van der Waals surface area contributed by atoms with Crippen LogP contribution in [0.5, 0.6) is 0 Å². The highest BCUT2D eigenvalue weighted by molar-refractivity contribution is 7.25. The molecule has 0 fully saturated rings. The van der Waals surface area contributed by atoms with Crippen molar-refractivity contribution in [3.8, 4) is 39.1 Å². The maximum Gasteiger partial charge on any atom is 0.0725 e. The average Bonchev–Trinajstić information content (AvgIpc) is 4.08. The molecule has 10 aromatic carbocycles. The van der Waals surface area contributed by atoms with E-state index in [2.05, 4.69) is 240 Å². The monoisotopic (exact) mass is 830 g/mol. The molecule has 2 aliphatic carbocycles. The maximum atomic E-state index is 2.45. The molecule has 3 heteroatoms. The van der Waals surface area contributed by atoms with Crippen LogP contribution in [0.15, 0.2) is 231 Å². The molecule has 2 nitrogen and oxygen atoms in total. The predicted octanol–water partition coefficient (Wildman–Crippen LogP) is 16.6. The summed E-state index contributed by atoms with van der Waals surface area (Å²) in [6, 6.07) is 85.8. The van der Waals surface area contributed by atoms with Gasteiger partial charge in [0.2, 0.25) is 0 Å². The summed E-state index contributed by atoms with van der Waals surface area (Å²) in [6.07, 6.45) is 0. The minimum atomic E-state index is -0.360. The molecule has 0 unspecified atom stereocenters. The van der Waals surface area contributed by atoms with Crippen LogP contribution in [0.4, 0.5) is 17.1 Å². The molecule has 0 amide bonds. The fourth-order valence-electron chi connectivity index (χ4n) is 11.4. The largest absolute Gasteiger partial charge is 0.310 e. The zero-order valence-corrected chi connectivity index (χ0v) is 35.6. The molecular formula is C61H38N2S. The van der Waals surface area contributed by atoms with Crippen LogP contribution in [0.2, 0.25) is 0 Å². The number of benzene rings is 10. The summed E-state index contributed by atoms with van der Waals surface area (Å²) in [5.41, 5.74) is 19.6. The van der Waals surface area contributed by atoms with Gasteiger partial charge in [-0.3, -0.25) is 0 Å². The first-order valence-corrected chi connectivity index (χ1v) is 22.9. The minimum absolute atomic E-state index is 0.360. The number of nitrogens with zero attached hydrogens (tertiary/aromatic N) is 2. The highest BCUT2D eigenvalue weighted by Gasteiger charge is 2.51. The van der Waals surface area contributed by atoms with Gasteiger partial charge in [-0.25, -0.2) is 0 Å². The van der Waals surface area contributed by atoms with Crippen molar-refractivity contribution in [2.24, 2.45) is 0 Å². The molecule has 0 saturated heterocycles. The van der Waals surface area contributed by atoms with Crippen molar-refractivity contribution in [1.82, 2.24) is 4.57 Å². The van der Waals surface area contributed by atoms with Crippen molar-refractivity contribution in [1.29, 1.82) is 0 Å². The first-order valence-electron chi connectivity index (χ1n) is 22.1. The molecule has 1 spiro atoms. The molecule has 2 heterocycles. The molecule has 0 aliphatic heterocycles. The van der Waals surface area contributed by atoms with Crippen LogP contribution in [0, 0.1) is 0 Å². The molecule has 0 bridgehead atoms. The van der Waals surface area contributed by atoms with Crippen LogP contribution in [0.1, 0.15) is 22.3 Å². The number of hydrogen-bond donors (Lipinski definition) is 0. The van der Waals surface area contributed by atoms with Gasteiger partial charge in [-0.2, -0.15) is 0 Å². The number of para-hydroxylation sites is 2. The number of aromatic nitrogens is 1. The lowest BCUT2D eigenvalue weighted by atomic mass is 9.70. The normalized spacial score (nSPS) is 13.1. The van der Waals surface area contributed by atoms with Gasteiger partial charge >= 0.3 is 0 Å². The van der Waals surface area contributed by atoms with E-state index in [4.69, 9.17) is 0 Å². The lowest BCUT2D eigenvalue weighted by molar-refractivity contribution is 0.794. The van der Waals surface area contributed by atoms with Crippen LogP contribution in [-0.4, -0.2) is 4.57 Å². The Kier molecular flexibility index (Phi) is 7.51. The summed E-state index contributed by atoms with van der Waals surface area (Å²) in [4.78, 5) is 2.45. The Balaban J connectivity index is 0.968. The van der Waals surface area contributed by atoms with E-state index in [-0.39, 0.29) is 5.41 Å². The summed E-state index contributed by atoms with van der Waals surface area (Å²) >= 11 is 1.86. The van der Waals surface area contributed by atoms with E-state index in [0.29, 0.717) is 0 Å². The van der Waals surface area contributed by atoms with Gasteiger partial charge in [-0.1, -0.05) is 158 Å². The SMILES string of the molecule is c1ccc(-n2c3ccccc3c3ccc(N(c4cccc(-c5ccc6c(c5)-c5ccccc5C65c6ccccc6-c6ccccc65)c4)c4ccc5sc6ccccc6c5c4)cc32)cc1. The lowest BCUT2D eigenvalue weighted by Gasteiger charge is -2.30. The molecular weight excluding hydrogens is 793 g/mol. The summed E-state index contributed by atoms with van der Waals surface area (Å²) in [6.45, 7) is 0. The first-order chi connectivity index (χ1) is 31.7. The number of thiophene rings is 1. The first kappa shape index (κ1) is 35.6. The third-order valence-corrected chi connectivity index (χ3v) is 15.1. The lowest BCUT2D eigenvalue weighted by Crippen LogP contribution is -2.25. The summed E-state index contributed by atoms with van der Waals surface area (Å²) in [5, 5.41) is 5.05. The Bertz CT molecular complexity index is 3820. The van der Waals surface area contributed by atoms with Gasteiger partial charge in [0.05, 0.1) is 16.4 Å². The second-order valence-corrected chi connectivity index (χ2v) is 18.3. The Morgan fingerprint density at radius 1 is 0.328 bits per heavy atom. The standard InChI is InChI=1S/C61H38N2S/c1-2-16-41(17-3-1)63-57-27-12-7-22-48(57)49-32-30-44(38-58(49)63)62(43-31-34-60-52(37-43)50-23-8-13-28-59(50)64-60)42-18-14-15-39(35-42)40-29-33-56-51(36-40)47-21-6-11-26-55(47)61(56)53-24-9-4-19-45(53)46-20-5-10-25-54(46)61/h1-38H. The number of anilines is 3. The fraction of sp³-hybridized carbons (Fsp3) is 0.0164. The third kappa shape index (κ3) is 4.90. The summed E-state index contributed by atoms with van der Waals surface area (Å²) in [5.74, 6) is 0. The van der Waals surface area contributed by atoms with Gasteiger partial charge in [-0.15, -0.1) is 11.3 Å². The Labute approximate surface area is 375 Å². The third-order valence-electron chi connectivity index (χ3n) is 14.0. The molecule has 298 valence electrons. The topological polar surface area (TPSA) is 8.17 Å². The molecule has 64 heavy (non-hydrogen) atoms. The van der Waals surface area contributed by atoms with Crippen molar-refractivity contribution in [2.45, 2.75) is 5.41 Å². The van der Waals surface area contributed by atoms with Gasteiger partial charge < -0.3 is 9.47 Å². The molecule has 0 atom stereocenters. The molecule has 0 N–H and O–H groups in total. The molecule has 2 aliphatic rings. The van der Waals surface area contributed by atoms with Crippen LogP contribution in [0.3, 0.4) is 0 Å². The fourth-order valence-corrected chi connectivity index (χ4v) is 12.4. The van der Waals surface area contributed by atoms with Crippen molar-refractivity contribution < 1.29 is 0 Å². The van der Waals surface area contributed by atoms with E-state index < -0.39 is 0 Å². The van der Waals surface area contributed by atoms with E-state index in [0.717, 1.165) is 22.7 Å². The Hall–Kier alpha value is -7.98. The second kappa shape index (κ2) is 13.5. The van der Waals surface area contributed by atoms with E-state index in [9.17, 15) is 0 Å². The highest BCUT2D eigenvalue weighted by Crippen LogP contribution is 2.63. The van der Waals surface area contributed by atoms with E-state index >= 15 is 0 Å². The summed E-state index contributed by atoms with van der Waals surface area (Å²) in [7, 11) is 0. The minimum Gasteiger partial charge on any atom is -0.310 e. The number of fused-ring (bicyclic) bond motifs is 16. The van der Waals surface area contributed by atoms with Crippen molar-refractivity contribution in [3.05, 3.63) is 253 Å². The molecule has 2 aromatic heterocycles. The van der Waals surface area contributed by atoms with Gasteiger partial charge in [0.1, 0.15) is 0 Å². The molecule has 0 saturated carbocycles. The van der Waals surface area contributed by atoms with Crippen LogP contribution >= 0.6 is 11.3 Å². The van der Waals surface area contributed by atoms with Crippen LogP contribution < -0.4 is 4.90 Å². The van der Waals surface area contributed by atoms with Gasteiger partial charge in [0, 0.05) is 53.7 Å². The van der Waals surface area contributed by atoms with Gasteiger partial charge in [-0.05, 0) is 128 Å². The van der Waals surface area contributed by atoms with E-state index in [1.165, 1.54) is 97.6 Å². The molecule has 12 aromatic rings.